The maximum Gasteiger partial charge on any atom is 0.235 e. The van der Waals surface area contributed by atoms with Crippen LogP contribution in [0.1, 0.15) is 28.0 Å². The molecule has 0 fully saturated rings. The standard InChI is InChI=1S/C24H20N6OS2/c25-13-19-18-7-4-8-20(18)33-23(19)27-21(31)15-32-24-29-28-22(17-9-11-26-12-10-17)30(24)14-16-5-2-1-3-6-16/h1-3,5-6,9-12H,4,7-8,14-15H2,(H,27,31). The number of nitriles is 1. The van der Waals surface area contributed by atoms with E-state index >= 15 is 0 Å². The predicted octanol–water partition coefficient (Wildman–Crippen LogP) is 4.54. The average Bonchev–Trinajstić information content (AvgIpc) is 3.54. The van der Waals surface area contributed by atoms with E-state index in [0.717, 1.165) is 41.8 Å². The predicted molar refractivity (Wildman–Crippen MR) is 129 cm³/mol. The summed E-state index contributed by atoms with van der Waals surface area (Å²) in [4.78, 5) is 18.0. The van der Waals surface area contributed by atoms with Gasteiger partial charge in [-0.15, -0.1) is 21.5 Å². The van der Waals surface area contributed by atoms with Crippen LogP contribution in [0.2, 0.25) is 0 Å². The van der Waals surface area contributed by atoms with E-state index in [1.807, 2.05) is 34.9 Å². The number of aromatic nitrogens is 4. The van der Waals surface area contributed by atoms with Crippen molar-refractivity contribution in [1.82, 2.24) is 19.7 Å². The zero-order chi connectivity index (χ0) is 22.6. The smallest absolute Gasteiger partial charge is 0.235 e. The van der Waals surface area contributed by atoms with Crippen LogP contribution in [0.4, 0.5) is 5.00 Å². The lowest BCUT2D eigenvalue weighted by molar-refractivity contribution is -0.113. The zero-order valence-corrected chi connectivity index (χ0v) is 19.3. The average molecular weight is 473 g/mol. The number of pyridine rings is 1. The monoisotopic (exact) mass is 472 g/mol. The highest BCUT2D eigenvalue weighted by molar-refractivity contribution is 7.99. The third-order valence-corrected chi connectivity index (χ3v) is 7.63. The lowest BCUT2D eigenvalue weighted by atomic mass is 10.1. The quantitative estimate of drug-likeness (QED) is 0.397. The van der Waals surface area contributed by atoms with E-state index in [1.165, 1.54) is 28.0 Å². The van der Waals surface area contributed by atoms with Crippen molar-refractivity contribution >= 4 is 34.0 Å². The molecule has 1 aromatic carbocycles. The summed E-state index contributed by atoms with van der Waals surface area (Å²) in [5.41, 5.74) is 3.76. The molecule has 4 aromatic rings. The van der Waals surface area contributed by atoms with Gasteiger partial charge in [-0.2, -0.15) is 5.26 Å². The summed E-state index contributed by atoms with van der Waals surface area (Å²) >= 11 is 2.86. The summed E-state index contributed by atoms with van der Waals surface area (Å²) in [6, 6.07) is 16.1. The highest BCUT2D eigenvalue weighted by Crippen LogP contribution is 2.38. The first-order chi connectivity index (χ1) is 16.2. The van der Waals surface area contributed by atoms with Gasteiger partial charge in [0.1, 0.15) is 11.1 Å². The number of nitrogens with one attached hydrogen (secondary N) is 1. The molecular weight excluding hydrogens is 452 g/mol. The van der Waals surface area contributed by atoms with Crippen LogP contribution in [-0.4, -0.2) is 31.4 Å². The number of hydrogen-bond acceptors (Lipinski definition) is 7. The fraction of sp³-hybridized carbons (Fsp3) is 0.208. The van der Waals surface area contributed by atoms with Gasteiger partial charge < -0.3 is 5.32 Å². The lowest BCUT2D eigenvalue weighted by Crippen LogP contribution is -2.15. The molecular formula is C24H20N6OS2. The molecule has 0 saturated carbocycles. The Balaban J connectivity index is 1.35. The topological polar surface area (TPSA) is 96.5 Å². The Labute approximate surface area is 199 Å². The van der Waals surface area contributed by atoms with Crippen LogP contribution in [0.25, 0.3) is 11.4 Å². The Morgan fingerprint density at radius 3 is 2.76 bits per heavy atom. The second-order valence-electron chi connectivity index (χ2n) is 7.62. The molecule has 1 aliphatic rings. The third-order valence-electron chi connectivity index (χ3n) is 5.46. The number of amides is 1. The van der Waals surface area contributed by atoms with Gasteiger partial charge in [-0.3, -0.25) is 14.3 Å². The molecule has 1 aliphatic carbocycles. The summed E-state index contributed by atoms with van der Waals surface area (Å²) in [6.45, 7) is 0.589. The Morgan fingerprint density at radius 2 is 1.97 bits per heavy atom. The first kappa shape index (κ1) is 21.4. The number of carbonyl (C=O) groups excluding carboxylic acids is 1. The van der Waals surface area contributed by atoms with Crippen molar-refractivity contribution in [1.29, 1.82) is 5.26 Å². The van der Waals surface area contributed by atoms with E-state index < -0.39 is 0 Å². The normalized spacial score (nSPS) is 12.3. The molecule has 1 amide bonds. The van der Waals surface area contributed by atoms with Crippen molar-refractivity contribution in [3.05, 3.63) is 76.4 Å². The Bertz CT molecular complexity index is 1320. The molecule has 0 atom stereocenters. The molecule has 164 valence electrons. The van der Waals surface area contributed by atoms with E-state index in [-0.39, 0.29) is 11.7 Å². The van der Waals surface area contributed by atoms with Crippen LogP contribution in [0.15, 0.2) is 60.0 Å². The molecule has 1 N–H and O–H groups in total. The number of carbonyl (C=O) groups is 1. The van der Waals surface area contributed by atoms with E-state index in [1.54, 1.807) is 12.4 Å². The van der Waals surface area contributed by atoms with Crippen LogP contribution in [0.5, 0.6) is 0 Å². The number of benzene rings is 1. The molecule has 0 spiro atoms. The van der Waals surface area contributed by atoms with Crippen molar-refractivity contribution in [2.75, 3.05) is 11.1 Å². The molecule has 9 heteroatoms. The molecule has 0 radical (unpaired) electrons. The second-order valence-corrected chi connectivity index (χ2v) is 9.67. The maximum atomic E-state index is 12.7. The number of thioether (sulfide) groups is 1. The fourth-order valence-electron chi connectivity index (χ4n) is 3.92. The molecule has 3 aromatic heterocycles. The van der Waals surface area contributed by atoms with Crippen molar-refractivity contribution in [2.24, 2.45) is 0 Å². The van der Waals surface area contributed by atoms with Crippen molar-refractivity contribution in [3.8, 4) is 17.5 Å². The molecule has 7 nitrogen and oxygen atoms in total. The summed E-state index contributed by atoms with van der Waals surface area (Å²) in [5.74, 6) is 0.748. The van der Waals surface area contributed by atoms with Gasteiger partial charge in [0.05, 0.1) is 17.9 Å². The Kier molecular flexibility index (Phi) is 6.19. The fourth-order valence-corrected chi connectivity index (χ4v) is 5.92. The minimum absolute atomic E-state index is 0.156. The van der Waals surface area contributed by atoms with Crippen LogP contribution in [-0.2, 0) is 24.2 Å². The zero-order valence-electron chi connectivity index (χ0n) is 17.7. The number of hydrogen-bond donors (Lipinski definition) is 1. The first-order valence-corrected chi connectivity index (χ1v) is 12.4. The number of fused-ring (bicyclic) bond motifs is 1. The molecule has 3 heterocycles. The van der Waals surface area contributed by atoms with Gasteiger partial charge in [-0.1, -0.05) is 42.1 Å². The lowest BCUT2D eigenvalue weighted by Gasteiger charge is -2.10. The summed E-state index contributed by atoms with van der Waals surface area (Å²) in [5, 5.41) is 22.6. The van der Waals surface area contributed by atoms with Gasteiger partial charge >= 0.3 is 0 Å². The summed E-state index contributed by atoms with van der Waals surface area (Å²) in [6.07, 6.45) is 6.43. The molecule has 0 aliphatic heterocycles. The number of rotatable bonds is 7. The highest BCUT2D eigenvalue weighted by atomic mass is 32.2. The van der Waals surface area contributed by atoms with E-state index in [0.29, 0.717) is 22.3 Å². The number of anilines is 1. The van der Waals surface area contributed by atoms with Gasteiger partial charge in [0.25, 0.3) is 0 Å². The Morgan fingerprint density at radius 1 is 1.15 bits per heavy atom. The third kappa shape index (κ3) is 4.53. The van der Waals surface area contributed by atoms with E-state index in [2.05, 4.69) is 38.7 Å². The van der Waals surface area contributed by atoms with Gasteiger partial charge in [0, 0.05) is 22.8 Å². The van der Waals surface area contributed by atoms with Crippen molar-refractivity contribution < 1.29 is 4.79 Å². The van der Waals surface area contributed by atoms with Crippen LogP contribution in [0.3, 0.4) is 0 Å². The molecule has 33 heavy (non-hydrogen) atoms. The van der Waals surface area contributed by atoms with Crippen molar-refractivity contribution in [2.45, 2.75) is 31.0 Å². The Hall–Kier alpha value is -3.48. The molecule has 0 saturated heterocycles. The molecule has 5 rings (SSSR count). The van der Waals surface area contributed by atoms with Gasteiger partial charge in [0.2, 0.25) is 5.91 Å². The largest absolute Gasteiger partial charge is 0.316 e. The van der Waals surface area contributed by atoms with Gasteiger partial charge in [-0.05, 0) is 42.5 Å². The number of aryl methyl sites for hydroxylation is 1. The van der Waals surface area contributed by atoms with Crippen molar-refractivity contribution in [3.63, 3.8) is 0 Å². The van der Waals surface area contributed by atoms with Crippen LogP contribution < -0.4 is 5.32 Å². The molecule has 0 bridgehead atoms. The van der Waals surface area contributed by atoms with E-state index in [9.17, 15) is 10.1 Å². The minimum atomic E-state index is -0.156. The number of thiophene rings is 1. The SMILES string of the molecule is N#Cc1c(NC(=O)CSc2nnc(-c3ccncc3)n2Cc2ccccc2)sc2c1CCC2. The number of nitrogens with zero attached hydrogens (tertiary/aromatic N) is 5. The first-order valence-electron chi connectivity index (χ1n) is 10.6. The van der Waals surface area contributed by atoms with Crippen LogP contribution in [0, 0.1) is 11.3 Å². The van der Waals surface area contributed by atoms with Crippen LogP contribution >= 0.6 is 23.1 Å². The highest BCUT2D eigenvalue weighted by Gasteiger charge is 2.23. The van der Waals surface area contributed by atoms with Gasteiger partial charge in [0.15, 0.2) is 11.0 Å². The molecule has 0 unspecified atom stereocenters. The van der Waals surface area contributed by atoms with Gasteiger partial charge in [-0.25, -0.2) is 0 Å². The maximum absolute atomic E-state index is 12.7. The summed E-state index contributed by atoms with van der Waals surface area (Å²) < 4.78 is 2.02. The summed E-state index contributed by atoms with van der Waals surface area (Å²) in [7, 11) is 0. The minimum Gasteiger partial charge on any atom is -0.316 e. The second kappa shape index (κ2) is 9.57. The van der Waals surface area contributed by atoms with E-state index in [4.69, 9.17) is 0 Å².